The molecule has 5 nitrogen and oxygen atoms in total. The molecule has 2 N–H and O–H groups in total. The van der Waals surface area contributed by atoms with E-state index in [0.717, 1.165) is 31.0 Å². The number of rotatable bonds is 3. The van der Waals surface area contributed by atoms with E-state index in [-0.39, 0.29) is 0 Å². The molecular formula is C12H21N5S. The molecule has 1 aromatic heterocycles. The van der Waals surface area contributed by atoms with Gasteiger partial charge in [0.25, 0.3) is 0 Å². The molecule has 3 rings (SSSR count). The smallest absolute Gasteiger partial charge is 0.146 e. The molecule has 0 radical (unpaired) electrons. The van der Waals surface area contributed by atoms with Crippen LogP contribution in [-0.4, -0.2) is 50.3 Å². The highest BCUT2D eigenvalue weighted by atomic mass is 32.2. The van der Waals surface area contributed by atoms with Crippen molar-refractivity contribution >= 4 is 11.8 Å². The van der Waals surface area contributed by atoms with Crippen LogP contribution in [0.3, 0.4) is 0 Å². The highest BCUT2D eigenvalue weighted by molar-refractivity contribution is 7.99. The van der Waals surface area contributed by atoms with Crippen LogP contribution in [-0.2, 0) is 13.6 Å². The van der Waals surface area contributed by atoms with E-state index < -0.39 is 0 Å². The van der Waals surface area contributed by atoms with Gasteiger partial charge in [0.1, 0.15) is 11.6 Å². The Morgan fingerprint density at radius 2 is 2.00 bits per heavy atom. The third kappa shape index (κ3) is 2.41. The van der Waals surface area contributed by atoms with Gasteiger partial charge in [-0.2, -0.15) is 11.8 Å². The third-order valence-corrected chi connectivity index (χ3v) is 4.95. The average Bonchev–Trinajstić information content (AvgIpc) is 2.69. The first-order chi connectivity index (χ1) is 8.74. The Balaban J connectivity index is 1.65. The fourth-order valence-corrected chi connectivity index (χ4v) is 3.68. The molecule has 1 aromatic rings. The Kier molecular flexibility index (Phi) is 3.59. The zero-order valence-electron chi connectivity index (χ0n) is 10.9. The van der Waals surface area contributed by atoms with Gasteiger partial charge < -0.3 is 10.3 Å². The predicted octanol–water partition coefficient (Wildman–Crippen LogP) is 0.569. The maximum absolute atomic E-state index is 5.84. The highest BCUT2D eigenvalue weighted by Crippen LogP contribution is 2.34. The van der Waals surface area contributed by atoms with E-state index in [4.69, 9.17) is 5.73 Å². The average molecular weight is 267 g/mol. The summed E-state index contributed by atoms with van der Waals surface area (Å²) in [6.45, 7) is 3.27. The summed E-state index contributed by atoms with van der Waals surface area (Å²) in [6.07, 6.45) is 2.12. The molecule has 2 aliphatic rings. The van der Waals surface area contributed by atoms with Crippen molar-refractivity contribution in [2.75, 3.05) is 24.6 Å². The maximum Gasteiger partial charge on any atom is 0.146 e. The van der Waals surface area contributed by atoms with E-state index in [1.807, 2.05) is 11.8 Å². The minimum Gasteiger partial charge on any atom is -0.328 e. The SMILES string of the molecule is Cn1c(CN2CCSCC2)nnc1C1CC(N)C1. The summed E-state index contributed by atoms with van der Waals surface area (Å²) in [4.78, 5) is 2.47. The second-order valence-electron chi connectivity index (χ2n) is 5.35. The van der Waals surface area contributed by atoms with Crippen molar-refractivity contribution in [2.45, 2.75) is 31.3 Å². The quantitative estimate of drug-likeness (QED) is 0.867. The minimum atomic E-state index is 0.370. The molecular weight excluding hydrogens is 246 g/mol. The van der Waals surface area contributed by atoms with Crippen molar-refractivity contribution in [3.63, 3.8) is 0 Å². The standard InChI is InChI=1S/C12H21N5S/c1-16-11(8-17-2-4-18-5-3-17)14-15-12(16)9-6-10(13)7-9/h9-10H,2-8,13H2,1H3. The van der Waals surface area contributed by atoms with Crippen LogP contribution < -0.4 is 5.73 Å². The molecule has 1 aliphatic carbocycles. The molecule has 0 unspecified atom stereocenters. The predicted molar refractivity (Wildman–Crippen MR) is 73.6 cm³/mol. The first kappa shape index (κ1) is 12.4. The Hall–Kier alpha value is -0.590. The van der Waals surface area contributed by atoms with Gasteiger partial charge in [-0.25, -0.2) is 0 Å². The van der Waals surface area contributed by atoms with E-state index in [1.165, 1.54) is 24.6 Å². The van der Waals surface area contributed by atoms with Crippen molar-refractivity contribution in [2.24, 2.45) is 12.8 Å². The summed E-state index contributed by atoms with van der Waals surface area (Å²) < 4.78 is 2.18. The third-order valence-electron chi connectivity index (χ3n) is 4.01. The van der Waals surface area contributed by atoms with Gasteiger partial charge in [0.2, 0.25) is 0 Å². The molecule has 0 atom stereocenters. The molecule has 6 heteroatoms. The lowest BCUT2D eigenvalue weighted by Gasteiger charge is -2.31. The largest absolute Gasteiger partial charge is 0.328 e. The van der Waals surface area contributed by atoms with Gasteiger partial charge in [0.05, 0.1) is 6.54 Å². The summed E-state index contributed by atoms with van der Waals surface area (Å²) in [5, 5.41) is 8.72. The van der Waals surface area contributed by atoms with Gasteiger partial charge in [-0.1, -0.05) is 0 Å². The van der Waals surface area contributed by atoms with E-state index in [1.54, 1.807) is 0 Å². The van der Waals surface area contributed by atoms with E-state index in [9.17, 15) is 0 Å². The molecule has 0 aromatic carbocycles. The molecule has 1 saturated heterocycles. The van der Waals surface area contributed by atoms with Crippen LogP contribution in [0, 0.1) is 0 Å². The molecule has 1 saturated carbocycles. The number of nitrogens with two attached hydrogens (primary N) is 1. The first-order valence-corrected chi connectivity index (χ1v) is 7.83. The van der Waals surface area contributed by atoms with E-state index >= 15 is 0 Å². The van der Waals surface area contributed by atoms with Gasteiger partial charge in [-0.3, -0.25) is 4.90 Å². The number of hydrogen-bond donors (Lipinski definition) is 1. The number of thioether (sulfide) groups is 1. The zero-order valence-corrected chi connectivity index (χ0v) is 11.7. The van der Waals surface area contributed by atoms with Crippen LogP contribution in [0.25, 0.3) is 0 Å². The molecule has 0 spiro atoms. The van der Waals surface area contributed by atoms with Crippen molar-refractivity contribution in [1.82, 2.24) is 19.7 Å². The van der Waals surface area contributed by atoms with Crippen LogP contribution in [0.2, 0.25) is 0 Å². The fraction of sp³-hybridized carbons (Fsp3) is 0.833. The summed E-state index contributed by atoms with van der Waals surface area (Å²) in [5.41, 5.74) is 5.84. The molecule has 2 fully saturated rings. The van der Waals surface area contributed by atoms with Gasteiger partial charge in [0, 0.05) is 43.6 Å². The molecule has 100 valence electrons. The Labute approximate surface area is 112 Å². The number of hydrogen-bond acceptors (Lipinski definition) is 5. The summed E-state index contributed by atoms with van der Waals surface area (Å²) in [7, 11) is 2.09. The van der Waals surface area contributed by atoms with Crippen molar-refractivity contribution in [3.05, 3.63) is 11.6 Å². The van der Waals surface area contributed by atoms with Gasteiger partial charge >= 0.3 is 0 Å². The highest BCUT2D eigenvalue weighted by Gasteiger charge is 2.31. The molecule has 18 heavy (non-hydrogen) atoms. The van der Waals surface area contributed by atoms with Crippen LogP contribution in [0.4, 0.5) is 0 Å². The lowest BCUT2D eigenvalue weighted by Crippen LogP contribution is -2.36. The summed E-state index contributed by atoms with van der Waals surface area (Å²) in [6, 6.07) is 0.370. The monoisotopic (exact) mass is 267 g/mol. The van der Waals surface area contributed by atoms with Gasteiger partial charge in [0.15, 0.2) is 0 Å². The summed E-state index contributed by atoms with van der Waals surface area (Å²) in [5.74, 6) is 5.23. The normalized spacial score (nSPS) is 29.2. The number of aromatic nitrogens is 3. The molecule has 2 heterocycles. The summed E-state index contributed by atoms with van der Waals surface area (Å²) >= 11 is 2.04. The Morgan fingerprint density at radius 1 is 1.28 bits per heavy atom. The zero-order chi connectivity index (χ0) is 12.5. The van der Waals surface area contributed by atoms with Crippen molar-refractivity contribution in [1.29, 1.82) is 0 Å². The van der Waals surface area contributed by atoms with E-state index in [2.05, 4.69) is 26.7 Å². The van der Waals surface area contributed by atoms with Crippen LogP contribution in [0.15, 0.2) is 0 Å². The Bertz CT molecular complexity index is 407. The lowest BCUT2D eigenvalue weighted by molar-refractivity contribution is 0.281. The van der Waals surface area contributed by atoms with Gasteiger partial charge in [-0.15, -0.1) is 10.2 Å². The first-order valence-electron chi connectivity index (χ1n) is 6.68. The number of nitrogens with zero attached hydrogens (tertiary/aromatic N) is 4. The molecule has 0 amide bonds. The maximum atomic E-state index is 5.84. The topological polar surface area (TPSA) is 60.0 Å². The van der Waals surface area contributed by atoms with Gasteiger partial charge in [-0.05, 0) is 12.8 Å². The van der Waals surface area contributed by atoms with Crippen LogP contribution in [0.1, 0.15) is 30.4 Å². The fourth-order valence-electron chi connectivity index (χ4n) is 2.70. The van der Waals surface area contributed by atoms with Crippen LogP contribution >= 0.6 is 11.8 Å². The molecule has 1 aliphatic heterocycles. The van der Waals surface area contributed by atoms with Crippen LogP contribution in [0.5, 0.6) is 0 Å². The van der Waals surface area contributed by atoms with Crippen molar-refractivity contribution < 1.29 is 0 Å². The minimum absolute atomic E-state index is 0.370. The Morgan fingerprint density at radius 3 is 2.67 bits per heavy atom. The second-order valence-corrected chi connectivity index (χ2v) is 6.58. The second kappa shape index (κ2) is 5.19. The van der Waals surface area contributed by atoms with Crippen molar-refractivity contribution in [3.8, 4) is 0 Å². The molecule has 0 bridgehead atoms. The lowest BCUT2D eigenvalue weighted by atomic mass is 9.80. The van der Waals surface area contributed by atoms with E-state index in [0.29, 0.717) is 12.0 Å².